The van der Waals surface area contributed by atoms with Gasteiger partial charge in [-0.05, 0) is 55.2 Å². The molecule has 0 radical (unpaired) electrons. The summed E-state index contributed by atoms with van der Waals surface area (Å²) in [5.41, 5.74) is 6.13. The highest BCUT2D eigenvalue weighted by molar-refractivity contribution is 5.93. The average Bonchev–Trinajstić information content (AvgIpc) is 3.67. The fourth-order valence-corrected chi connectivity index (χ4v) is 3.96. The van der Waals surface area contributed by atoms with Gasteiger partial charge in [-0.1, -0.05) is 0 Å². The molecule has 9 nitrogen and oxygen atoms in total. The molecule has 1 aliphatic heterocycles. The monoisotopic (exact) mass is 503 g/mol. The Morgan fingerprint density at radius 1 is 1.06 bits per heavy atom. The van der Waals surface area contributed by atoms with Gasteiger partial charge in [0.2, 0.25) is 11.8 Å². The summed E-state index contributed by atoms with van der Waals surface area (Å²) in [5, 5.41) is 0. The SMILES string of the molecule is CC(=O)N1CCN(c2ccc(OC(F)F)c(OCC3CC3)c2)CC1C(=O)Oc1ccc(C(N)=O)cc1. The number of primary amides is 1. The smallest absolute Gasteiger partial charge is 0.387 e. The molecule has 0 aromatic heterocycles. The van der Waals surface area contributed by atoms with Gasteiger partial charge in [-0.15, -0.1) is 0 Å². The second-order valence-electron chi connectivity index (χ2n) is 8.75. The van der Waals surface area contributed by atoms with Crippen molar-refractivity contribution in [3.05, 3.63) is 48.0 Å². The first-order valence-electron chi connectivity index (χ1n) is 11.6. The summed E-state index contributed by atoms with van der Waals surface area (Å²) >= 11 is 0. The number of hydrogen-bond acceptors (Lipinski definition) is 7. The van der Waals surface area contributed by atoms with E-state index >= 15 is 0 Å². The number of nitrogens with two attached hydrogens (primary N) is 1. The van der Waals surface area contributed by atoms with E-state index in [4.69, 9.17) is 15.2 Å². The van der Waals surface area contributed by atoms with Crippen molar-refractivity contribution in [2.45, 2.75) is 32.4 Å². The Bertz CT molecular complexity index is 1120. The molecule has 36 heavy (non-hydrogen) atoms. The highest BCUT2D eigenvalue weighted by Gasteiger charge is 2.36. The van der Waals surface area contributed by atoms with Gasteiger partial charge in [0.15, 0.2) is 11.5 Å². The summed E-state index contributed by atoms with van der Waals surface area (Å²) in [7, 11) is 0. The van der Waals surface area contributed by atoms with Crippen molar-refractivity contribution in [3.63, 3.8) is 0 Å². The summed E-state index contributed by atoms with van der Waals surface area (Å²) in [6.07, 6.45) is 2.07. The first-order chi connectivity index (χ1) is 17.2. The Balaban J connectivity index is 1.51. The van der Waals surface area contributed by atoms with Gasteiger partial charge in [0.25, 0.3) is 0 Å². The third-order valence-electron chi connectivity index (χ3n) is 6.09. The van der Waals surface area contributed by atoms with Crippen LogP contribution in [-0.4, -0.2) is 61.6 Å². The fourth-order valence-electron chi connectivity index (χ4n) is 3.96. The minimum Gasteiger partial charge on any atom is -0.489 e. The molecule has 2 N–H and O–H groups in total. The molecule has 2 aromatic carbocycles. The summed E-state index contributed by atoms with van der Waals surface area (Å²) in [4.78, 5) is 39.8. The van der Waals surface area contributed by atoms with Crippen LogP contribution >= 0.6 is 0 Å². The number of hydrogen-bond donors (Lipinski definition) is 1. The van der Waals surface area contributed by atoms with Crippen molar-refractivity contribution in [3.8, 4) is 17.2 Å². The maximum absolute atomic E-state index is 13.0. The zero-order valence-electron chi connectivity index (χ0n) is 19.7. The van der Waals surface area contributed by atoms with E-state index in [1.807, 2.05) is 4.90 Å². The maximum Gasteiger partial charge on any atom is 0.387 e. The van der Waals surface area contributed by atoms with Crippen molar-refractivity contribution in [1.82, 2.24) is 4.90 Å². The Morgan fingerprint density at radius 3 is 2.39 bits per heavy atom. The van der Waals surface area contributed by atoms with E-state index in [1.165, 1.54) is 42.2 Å². The molecule has 1 saturated heterocycles. The molecule has 2 aliphatic rings. The predicted molar refractivity (Wildman–Crippen MR) is 125 cm³/mol. The van der Waals surface area contributed by atoms with Gasteiger partial charge >= 0.3 is 12.6 Å². The number of amides is 2. The van der Waals surface area contributed by atoms with Gasteiger partial charge in [0.05, 0.1) is 6.61 Å². The third-order valence-corrected chi connectivity index (χ3v) is 6.09. The number of nitrogens with zero attached hydrogens (tertiary/aromatic N) is 2. The van der Waals surface area contributed by atoms with E-state index in [-0.39, 0.29) is 41.8 Å². The lowest BCUT2D eigenvalue weighted by Crippen LogP contribution is -2.58. The van der Waals surface area contributed by atoms with Gasteiger partial charge in [-0.2, -0.15) is 8.78 Å². The number of esters is 1. The van der Waals surface area contributed by atoms with Crippen LogP contribution in [-0.2, 0) is 9.59 Å². The molecule has 0 bridgehead atoms. The fraction of sp³-hybridized carbons (Fsp3) is 0.400. The van der Waals surface area contributed by atoms with E-state index in [1.54, 1.807) is 12.1 Å². The van der Waals surface area contributed by atoms with Gasteiger partial charge in [0.1, 0.15) is 11.8 Å². The molecule has 1 atom stereocenters. The number of rotatable bonds is 9. The number of carbonyl (C=O) groups excluding carboxylic acids is 3. The lowest BCUT2D eigenvalue weighted by atomic mass is 10.1. The Hall–Kier alpha value is -3.89. The van der Waals surface area contributed by atoms with Gasteiger partial charge in [-0.25, -0.2) is 4.79 Å². The van der Waals surface area contributed by atoms with Crippen LogP contribution in [0.2, 0.25) is 0 Å². The second-order valence-corrected chi connectivity index (χ2v) is 8.75. The molecule has 2 amide bonds. The van der Waals surface area contributed by atoms with Crippen LogP contribution in [0.3, 0.4) is 0 Å². The highest BCUT2D eigenvalue weighted by atomic mass is 19.3. The molecule has 4 rings (SSSR count). The van der Waals surface area contributed by atoms with Gasteiger partial charge < -0.3 is 29.7 Å². The first-order valence-corrected chi connectivity index (χ1v) is 11.6. The molecule has 1 aliphatic carbocycles. The van der Waals surface area contributed by atoms with Crippen LogP contribution in [0.4, 0.5) is 14.5 Å². The lowest BCUT2D eigenvalue weighted by molar-refractivity contribution is -0.147. The quantitative estimate of drug-likeness (QED) is 0.414. The number of halogens is 2. The van der Waals surface area contributed by atoms with Gasteiger partial charge in [-0.3, -0.25) is 9.59 Å². The number of ether oxygens (including phenoxy) is 3. The predicted octanol–water partition coefficient (Wildman–Crippen LogP) is 2.82. The highest BCUT2D eigenvalue weighted by Crippen LogP contribution is 2.36. The number of piperazine rings is 1. The van der Waals surface area contributed by atoms with E-state index in [2.05, 4.69) is 4.74 Å². The van der Waals surface area contributed by atoms with Crippen molar-refractivity contribution >= 4 is 23.5 Å². The Morgan fingerprint density at radius 2 is 1.78 bits per heavy atom. The number of carbonyl (C=O) groups is 3. The average molecular weight is 504 g/mol. The molecule has 2 fully saturated rings. The normalized spacial score (nSPS) is 17.6. The maximum atomic E-state index is 13.0. The van der Waals surface area contributed by atoms with Crippen molar-refractivity contribution in [2.75, 3.05) is 31.1 Å². The van der Waals surface area contributed by atoms with Crippen LogP contribution in [0.25, 0.3) is 0 Å². The van der Waals surface area contributed by atoms with E-state index < -0.39 is 24.5 Å². The summed E-state index contributed by atoms with van der Waals surface area (Å²) in [5.74, 6) is -0.795. The molecular weight excluding hydrogens is 476 g/mol. The van der Waals surface area contributed by atoms with Crippen LogP contribution in [0.5, 0.6) is 17.2 Å². The first kappa shape index (κ1) is 25.2. The van der Waals surface area contributed by atoms with Crippen LogP contribution in [0.15, 0.2) is 42.5 Å². The molecule has 2 aromatic rings. The van der Waals surface area contributed by atoms with Crippen LogP contribution in [0, 0.1) is 5.92 Å². The van der Waals surface area contributed by atoms with Crippen molar-refractivity contribution in [2.24, 2.45) is 11.7 Å². The Kier molecular flexibility index (Phi) is 7.56. The topological polar surface area (TPSA) is 111 Å². The third kappa shape index (κ3) is 6.21. The summed E-state index contributed by atoms with van der Waals surface area (Å²) < 4.78 is 41.6. The molecular formula is C25H27F2N3O6. The van der Waals surface area contributed by atoms with Crippen molar-refractivity contribution in [1.29, 1.82) is 0 Å². The van der Waals surface area contributed by atoms with Crippen molar-refractivity contribution < 1.29 is 37.4 Å². The summed E-state index contributed by atoms with van der Waals surface area (Å²) in [6, 6.07) is 9.48. The van der Waals surface area contributed by atoms with E-state index in [0.717, 1.165) is 12.8 Å². The summed E-state index contributed by atoms with van der Waals surface area (Å²) in [6.45, 7) is -0.427. The minimum absolute atomic E-state index is 0.0628. The second kappa shape index (κ2) is 10.8. The molecule has 0 spiro atoms. The van der Waals surface area contributed by atoms with E-state index in [9.17, 15) is 23.2 Å². The zero-order valence-corrected chi connectivity index (χ0v) is 19.7. The van der Waals surface area contributed by atoms with Crippen LogP contribution < -0.4 is 24.8 Å². The van der Waals surface area contributed by atoms with Gasteiger partial charge in [0, 0.05) is 43.9 Å². The minimum atomic E-state index is -2.99. The number of anilines is 1. The van der Waals surface area contributed by atoms with Crippen LogP contribution in [0.1, 0.15) is 30.1 Å². The molecule has 192 valence electrons. The van der Waals surface area contributed by atoms with E-state index in [0.29, 0.717) is 24.8 Å². The molecule has 1 unspecified atom stereocenters. The standard InChI is InChI=1S/C25H27F2N3O6/c1-15(31)30-11-10-29(13-20(30)24(33)35-19-7-4-17(5-8-19)23(28)32)18-6-9-21(36-25(26)27)22(12-18)34-14-16-2-3-16/h4-9,12,16,20,25H,2-3,10-11,13-14H2,1H3,(H2,28,32). The zero-order chi connectivity index (χ0) is 25.8. The number of benzene rings is 2. The largest absolute Gasteiger partial charge is 0.489 e. The molecule has 1 heterocycles. The molecule has 11 heteroatoms. The lowest BCUT2D eigenvalue weighted by Gasteiger charge is -2.40. The molecule has 1 saturated carbocycles. The Labute approximate surface area is 206 Å². The number of alkyl halides is 2.